The van der Waals surface area contributed by atoms with Crippen LogP contribution < -0.4 is 0 Å². The van der Waals surface area contributed by atoms with E-state index in [1.54, 1.807) is 11.3 Å². The van der Waals surface area contributed by atoms with Crippen LogP contribution in [0.2, 0.25) is 0 Å². The van der Waals surface area contributed by atoms with E-state index >= 15 is 0 Å². The maximum Gasteiger partial charge on any atom is 0.123 e. The molecule has 2 rings (SSSR count). The van der Waals surface area contributed by atoms with E-state index in [0.717, 1.165) is 9.88 Å². The fourth-order valence-corrected chi connectivity index (χ4v) is 2.51. The molecule has 0 saturated heterocycles. The summed E-state index contributed by atoms with van der Waals surface area (Å²) in [5.74, 6) is 1.12. The van der Waals surface area contributed by atoms with Crippen LogP contribution in [0.4, 0.5) is 0 Å². The van der Waals surface area contributed by atoms with Gasteiger partial charge in [0.1, 0.15) is 5.01 Å². The summed E-state index contributed by atoms with van der Waals surface area (Å²) >= 11 is 7.42. The second-order valence-corrected chi connectivity index (χ2v) is 5.42. The molecule has 2 aromatic rings. The number of thiazole rings is 1. The van der Waals surface area contributed by atoms with Crippen molar-refractivity contribution in [3.05, 3.63) is 40.9 Å². The number of benzene rings is 1. The van der Waals surface area contributed by atoms with Crippen molar-refractivity contribution in [2.45, 2.75) is 25.6 Å². The van der Waals surface area contributed by atoms with Gasteiger partial charge in [0.15, 0.2) is 0 Å². The molecule has 84 valence electrons. The molecule has 3 heteroatoms. The quantitative estimate of drug-likeness (QED) is 0.723. The molecule has 0 atom stereocenters. The Hall–Kier alpha value is -0.860. The molecule has 1 aromatic carbocycles. The van der Waals surface area contributed by atoms with Crippen LogP contribution in [0, 0.1) is 0 Å². The van der Waals surface area contributed by atoms with E-state index in [-0.39, 0.29) is 0 Å². The third-order valence-electron chi connectivity index (χ3n) is 2.51. The Morgan fingerprint density at radius 1 is 1.25 bits per heavy atom. The molecule has 1 nitrogen and oxygen atoms in total. The van der Waals surface area contributed by atoms with Gasteiger partial charge < -0.3 is 0 Å². The van der Waals surface area contributed by atoms with E-state index in [1.807, 2.05) is 6.20 Å². The van der Waals surface area contributed by atoms with Crippen LogP contribution in [0.3, 0.4) is 0 Å². The first kappa shape index (κ1) is 11.6. The summed E-state index contributed by atoms with van der Waals surface area (Å²) in [4.78, 5) is 5.48. The lowest BCUT2D eigenvalue weighted by atomic mass is 10.0. The van der Waals surface area contributed by atoms with Crippen molar-refractivity contribution in [2.75, 3.05) is 0 Å². The minimum Gasteiger partial charge on any atom is -0.244 e. The molecule has 0 unspecified atom stereocenters. The second kappa shape index (κ2) is 4.98. The molecular formula is C13H14ClNS. The summed E-state index contributed by atoms with van der Waals surface area (Å²) in [5.41, 5.74) is 2.53. The van der Waals surface area contributed by atoms with Gasteiger partial charge in [-0.25, -0.2) is 4.98 Å². The average molecular weight is 252 g/mol. The summed E-state index contributed by atoms with van der Waals surface area (Å²) in [7, 11) is 0. The molecule has 0 aliphatic carbocycles. The van der Waals surface area contributed by atoms with Crippen molar-refractivity contribution in [1.82, 2.24) is 4.98 Å². The fourth-order valence-electron chi connectivity index (χ4n) is 1.51. The van der Waals surface area contributed by atoms with E-state index in [0.29, 0.717) is 11.8 Å². The van der Waals surface area contributed by atoms with Gasteiger partial charge in [-0.1, -0.05) is 38.1 Å². The molecule has 0 N–H and O–H groups in total. The van der Waals surface area contributed by atoms with Gasteiger partial charge in [-0.05, 0) is 11.5 Å². The first-order valence-electron chi connectivity index (χ1n) is 5.31. The predicted molar refractivity (Wildman–Crippen MR) is 71.2 cm³/mol. The Labute approximate surface area is 105 Å². The summed E-state index contributed by atoms with van der Waals surface area (Å²) in [6.45, 7) is 4.40. The molecule has 0 amide bonds. The lowest BCUT2D eigenvalue weighted by Gasteiger charge is -2.05. The van der Waals surface area contributed by atoms with Crippen molar-refractivity contribution in [3.8, 4) is 10.6 Å². The third-order valence-corrected chi connectivity index (χ3v) is 4.00. The fraction of sp³-hybridized carbons (Fsp3) is 0.308. The van der Waals surface area contributed by atoms with Crippen LogP contribution in [0.5, 0.6) is 0 Å². The van der Waals surface area contributed by atoms with Gasteiger partial charge in [0.25, 0.3) is 0 Å². The van der Waals surface area contributed by atoms with Crippen molar-refractivity contribution >= 4 is 22.9 Å². The molecule has 0 radical (unpaired) electrons. The number of aromatic nitrogens is 1. The summed E-state index contributed by atoms with van der Waals surface area (Å²) in [5, 5.41) is 1.05. The monoisotopic (exact) mass is 251 g/mol. The topological polar surface area (TPSA) is 12.9 Å². The lowest BCUT2D eigenvalue weighted by Crippen LogP contribution is -1.86. The normalized spacial score (nSPS) is 11.0. The van der Waals surface area contributed by atoms with Gasteiger partial charge in [-0.15, -0.1) is 22.9 Å². The van der Waals surface area contributed by atoms with Crippen LogP contribution in [0.25, 0.3) is 10.6 Å². The van der Waals surface area contributed by atoms with Gasteiger partial charge in [0.05, 0.1) is 5.88 Å². The molecular weight excluding hydrogens is 238 g/mol. The van der Waals surface area contributed by atoms with E-state index in [2.05, 4.69) is 43.1 Å². The van der Waals surface area contributed by atoms with Crippen LogP contribution in [0.1, 0.15) is 30.2 Å². The molecule has 1 heterocycles. The number of halogens is 1. The maximum absolute atomic E-state index is 5.76. The SMILES string of the molecule is CC(C)c1ccc(-c2ncc(CCl)s2)cc1. The van der Waals surface area contributed by atoms with Crippen LogP contribution in [0.15, 0.2) is 30.5 Å². The summed E-state index contributed by atoms with van der Waals surface area (Å²) in [6, 6.07) is 8.60. The highest BCUT2D eigenvalue weighted by Gasteiger charge is 2.05. The van der Waals surface area contributed by atoms with Gasteiger partial charge in [-0.3, -0.25) is 0 Å². The smallest absolute Gasteiger partial charge is 0.123 e. The number of hydrogen-bond donors (Lipinski definition) is 0. The highest BCUT2D eigenvalue weighted by Crippen LogP contribution is 2.27. The van der Waals surface area contributed by atoms with Crippen LogP contribution in [-0.2, 0) is 5.88 Å². The number of hydrogen-bond acceptors (Lipinski definition) is 2. The second-order valence-electron chi connectivity index (χ2n) is 4.04. The largest absolute Gasteiger partial charge is 0.244 e. The molecule has 16 heavy (non-hydrogen) atoms. The van der Waals surface area contributed by atoms with E-state index < -0.39 is 0 Å². The Balaban J connectivity index is 2.27. The molecule has 0 bridgehead atoms. The standard InChI is InChI=1S/C13H14ClNS/c1-9(2)10-3-5-11(6-4-10)13-15-8-12(7-14)16-13/h3-6,8-9H,7H2,1-2H3. The number of alkyl halides is 1. The highest BCUT2D eigenvalue weighted by molar-refractivity contribution is 7.15. The summed E-state index contributed by atoms with van der Waals surface area (Å²) < 4.78 is 0. The van der Waals surface area contributed by atoms with E-state index in [1.165, 1.54) is 11.1 Å². The zero-order chi connectivity index (χ0) is 11.5. The van der Waals surface area contributed by atoms with Crippen LogP contribution >= 0.6 is 22.9 Å². The van der Waals surface area contributed by atoms with Crippen molar-refractivity contribution < 1.29 is 0 Å². The van der Waals surface area contributed by atoms with Crippen molar-refractivity contribution in [3.63, 3.8) is 0 Å². The molecule has 0 spiro atoms. The molecule has 0 aliphatic rings. The minimum absolute atomic E-state index is 0.543. The maximum atomic E-state index is 5.76. The van der Waals surface area contributed by atoms with Crippen molar-refractivity contribution in [1.29, 1.82) is 0 Å². The van der Waals surface area contributed by atoms with Crippen molar-refractivity contribution in [2.24, 2.45) is 0 Å². The molecule has 0 saturated carbocycles. The van der Waals surface area contributed by atoms with Crippen LogP contribution in [-0.4, -0.2) is 4.98 Å². The first-order valence-corrected chi connectivity index (χ1v) is 6.67. The number of nitrogens with zero attached hydrogens (tertiary/aromatic N) is 1. The molecule has 1 aromatic heterocycles. The Kier molecular flexibility index (Phi) is 3.62. The minimum atomic E-state index is 0.543. The van der Waals surface area contributed by atoms with Gasteiger partial charge in [0, 0.05) is 16.6 Å². The highest BCUT2D eigenvalue weighted by atomic mass is 35.5. The lowest BCUT2D eigenvalue weighted by molar-refractivity contribution is 0.867. The van der Waals surface area contributed by atoms with Gasteiger partial charge >= 0.3 is 0 Å². The zero-order valence-electron chi connectivity index (χ0n) is 9.40. The number of rotatable bonds is 3. The summed E-state index contributed by atoms with van der Waals surface area (Å²) in [6.07, 6.45) is 1.85. The molecule has 0 fully saturated rings. The van der Waals surface area contributed by atoms with E-state index in [4.69, 9.17) is 11.6 Å². The average Bonchev–Trinajstić information content (AvgIpc) is 2.77. The zero-order valence-corrected chi connectivity index (χ0v) is 11.0. The third kappa shape index (κ3) is 2.45. The predicted octanol–water partition coefficient (Wildman–Crippen LogP) is 4.67. The Morgan fingerprint density at radius 2 is 1.94 bits per heavy atom. The Morgan fingerprint density at radius 3 is 2.44 bits per heavy atom. The van der Waals surface area contributed by atoms with Gasteiger partial charge in [-0.2, -0.15) is 0 Å². The first-order chi connectivity index (χ1) is 7.70. The molecule has 0 aliphatic heterocycles. The Bertz CT molecular complexity index is 459. The van der Waals surface area contributed by atoms with Gasteiger partial charge in [0.2, 0.25) is 0 Å². The van der Waals surface area contributed by atoms with E-state index in [9.17, 15) is 0 Å².